The molecule has 0 aliphatic heterocycles. The first-order chi connectivity index (χ1) is 9.09. The summed E-state index contributed by atoms with van der Waals surface area (Å²) in [6.07, 6.45) is -3.61. The van der Waals surface area contributed by atoms with Gasteiger partial charge in [0.1, 0.15) is 9.84 Å². The largest absolute Gasteiger partial charge is 0.418 e. The van der Waals surface area contributed by atoms with Crippen LogP contribution in [0.2, 0.25) is 0 Å². The second-order valence-electron chi connectivity index (χ2n) is 4.32. The first-order valence-electron chi connectivity index (χ1n) is 5.73. The Morgan fingerprint density at radius 2 is 1.85 bits per heavy atom. The van der Waals surface area contributed by atoms with E-state index in [0.717, 1.165) is 18.4 Å². The zero-order valence-electron chi connectivity index (χ0n) is 10.7. The Morgan fingerprint density at radius 3 is 2.40 bits per heavy atom. The molecule has 0 bridgehead atoms. The fraction of sp³-hybridized carbons (Fsp3) is 0.417. The summed E-state index contributed by atoms with van der Waals surface area (Å²) in [7, 11) is -3.18. The van der Waals surface area contributed by atoms with Crippen LogP contribution in [0.25, 0.3) is 0 Å². The van der Waals surface area contributed by atoms with E-state index in [9.17, 15) is 26.4 Å². The van der Waals surface area contributed by atoms with E-state index in [1.165, 1.54) is 12.1 Å². The maximum atomic E-state index is 12.7. The highest BCUT2D eigenvalue weighted by molar-refractivity contribution is 7.90. The van der Waals surface area contributed by atoms with Crippen LogP contribution < -0.4 is 5.32 Å². The van der Waals surface area contributed by atoms with Gasteiger partial charge in [-0.2, -0.15) is 13.2 Å². The van der Waals surface area contributed by atoms with Crippen molar-refractivity contribution < 1.29 is 26.4 Å². The van der Waals surface area contributed by atoms with Crippen LogP contribution in [0.3, 0.4) is 0 Å². The van der Waals surface area contributed by atoms with E-state index >= 15 is 0 Å². The van der Waals surface area contributed by atoms with E-state index in [2.05, 4.69) is 5.32 Å². The van der Waals surface area contributed by atoms with Crippen molar-refractivity contribution in [2.75, 3.05) is 17.3 Å². The Labute approximate surface area is 114 Å². The molecule has 4 nitrogen and oxygen atoms in total. The highest BCUT2D eigenvalue weighted by Crippen LogP contribution is 2.34. The van der Waals surface area contributed by atoms with Crippen LogP contribution in [-0.2, 0) is 20.8 Å². The third-order valence-electron chi connectivity index (χ3n) is 2.43. The van der Waals surface area contributed by atoms with Gasteiger partial charge in [-0.1, -0.05) is 12.1 Å². The van der Waals surface area contributed by atoms with Crippen molar-refractivity contribution in [1.29, 1.82) is 0 Å². The monoisotopic (exact) mass is 309 g/mol. The quantitative estimate of drug-likeness (QED) is 0.909. The molecule has 1 N–H and O–H groups in total. The van der Waals surface area contributed by atoms with Crippen molar-refractivity contribution in [3.05, 3.63) is 29.8 Å². The number of sulfone groups is 1. The Bertz CT molecular complexity index is 582. The molecule has 0 aromatic heterocycles. The lowest BCUT2D eigenvalue weighted by Gasteiger charge is -2.13. The number of hydrogen-bond acceptors (Lipinski definition) is 3. The Kier molecular flexibility index (Phi) is 5.15. The topological polar surface area (TPSA) is 63.2 Å². The molecule has 20 heavy (non-hydrogen) atoms. The van der Waals surface area contributed by atoms with Gasteiger partial charge in [-0.25, -0.2) is 8.42 Å². The van der Waals surface area contributed by atoms with Crippen LogP contribution in [0.15, 0.2) is 24.3 Å². The second kappa shape index (κ2) is 6.25. The molecule has 1 amide bonds. The van der Waals surface area contributed by atoms with E-state index in [-0.39, 0.29) is 24.3 Å². The van der Waals surface area contributed by atoms with Crippen LogP contribution >= 0.6 is 0 Å². The number of nitrogens with one attached hydrogen (secondary N) is 1. The predicted molar refractivity (Wildman–Crippen MR) is 69.0 cm³/mol. The van der Waals surface area contributed by atoms with Crippen molar-refractivity contribution in [2.45, 2.75) is 19.0 Å². The van der Waals surface area contributed by atoms with Crippen LogP contribution in [0.5, 0.6) is 0 Å². The first-order valence-corrected chi connectivity index (χ1v) is 7.79. The fourth-order valence-corrected chi connectivity index (χ4v) is 2.22. The van der Waals surface area contributed by atoms with Gasteiger partial charge in [-0.05, 0) is 18.6 Å². The van der Waals surface area contributed by atoms with E-state index in [4.69, 9.17) is 0 Å². The van der Waals surface area contributed by atoms with Gasteiger partial charge in [0, 0.05) is 12.7 Å². The Balaban J connectivity index is 2.68. The lowest BCUT2D eigenvalue weighted by molar-refractivity contribution is -0.137. The van der Waals surface area contributed by atoms with E-state index in [1.807, 2.05) is 0 Å². The number of carbonyl (C=O) groups is 1. The van der Waals surface area contributed by atoms with Gasteiger partial charge in [0.15, 0.2) is 0 Å². The number of para-hydroxylation sites is 1. The van der Waals surface area contributed by atoms with E-state index < -0.39 is 27.5 Å². The molecule has 0 saturated heterocycles. The summed E-state index contributed by atoms with van der Waals surface area (Å²) in [5.41, 5.74) is -1.26. The van der Waals surface area contributed by atoms with Crippen molar-refractivity contribution in [3.63, 3.8) is 0 Å². The normalized spacial score (nSPS) is 12.2. The molecule has 1 aromatic carbocycles. The minimum atomic E-state index is -4.56. The van der Waals surface area contributed by atoms with Crippen molar-refractivity contribution >= 4 is 21.4 Å². The maximum Gasteiger partial charge on any atom is 0.418 e. The van der Waals surface area contributed by atoms with Gasteiger partial charge >= 0.3 is 6.18 Å². The lowest BCUT2D eigenvalue weighted by Crippen LogP contribution is -2.17. The number of benzene rings is 1. The summed E-state index contributed by atoms with van der Waals surface area (Å²) in [5.74, 6) is -0.827. The first kappa shape index (κ1) is 16.5. The molecule has 1 rings (SSSR count). The number of amides is 1. The number of halogens is 3. The third kappa shape index (κ3) is 5.60. The van der Waals surface area contributed by atoms with E-state index in [0.29, 0.717) is 0 Å². The summed E-state index contributed by atoms with van der Waals surface area (Å²) in [6, 6.07) is 4.62. The predicted octanol–water partition coefficient (Wildman–Crippen LogP) is 2.47. The molecule has 0 radical (unpaired) electrons. The van der Waals surface area contributed by atoms with Crippen molar-refractivity contribution in [2.24, 2.45) is 0 Å². The molecule has 0 atom stereocenters. The summed E-state index contributed by atoms with van der Waals surface area (Å²) < 4.78 is 59.8. The molecule has 1 aromatic rings. The van der Waals surface area contributed by atoms with Crippen molar-refractivity contribution in [1.82, 2.24) is 0 Å². The van der Waals surface area contributed by atoms with Gasteiger partial charge in [0.05, 0.1) is 17.0 Å². The molecule has 8 heteroatoms. The third-order valence-corrected chi connectivity index (χ3v) is 3.46. The van der Waals surface area contributed by atoms with Crippen LogP contribution in [0, 0.1) is 0 Å². The molecule has 0 spiro atoms. The van der Waals surface area contributed by atoms with Gasteiger partial charge in [-0.3, -0.25) is 4.79 Å². The van der Waals surface area contributed by atoms with Gasteiger partial charge in [0.25, 0.3) is 0 Å². The highest BCUT2D eigenvalue weighted by atomic mass is 32.2. The average Bonchev–Trinajstić information content (AvgIpc) is 2.26. The molecule has 0 aliphatic rings. The molecule has 112 valence electrons. The molecule has 0 saturated carbocycles. The number of rotatable bonds is 5. The zero-order valence-corrected chi connectivity index (χ0v) is 11.5. The summed E-state index contributed by atoms with van der Waals surface area (Å²) in [6.45, 7) is 0. The number of anilines is 1. The van der Waals surface area contributed by atoms with Gasteiger partial charge in [0.2, 0.25) is 5.91 Å². The van der Waals surface area contributed by atoms with Crippen LogP contribution in [0.1, 0.15) is 18.4 Å². The van der Waals surface area contributed by atoms with Gasteiger partial charge in [-0.15, -0.1) is 0 Å². The summed E-state index contributed by atoms with van der Waals surface area (Å²) >= 11 is 0. The van der Waals surface area contributed by atoms with Gasteiger partial charge < -0.3 is 5.32 Å². The minimum Gasteiger partial charge on any atom is -0.326 e. The molecular formula is C12H14F3NO3S. The molecule has 0 fully saturated rings. The summed E-state index contributed by atoms with van der Waals surface area (Å²) in [4.78, 5) is 11.5. The lowest BCUT2D eigenvalue weighted by atomic mass is 10.1. The molecule has 0 aliphatic carbocycles. The highest BCUT2D eigenvalue weighted by Gasteiger charge is 2.33. The minimum absolute atomic E-state index is 0.0683. The molecule has 0 unspecified atom stereocenters. The number of hydrogen-bond donors (Lipinski definition) is 1. The smallest absolute Gasteiger partial charge is 0.326 e. The van der Waals surface area contributed by atoms with E-state index in [1.54, 1.807) is 0 Å². The van der Waals surface area contributed by atoms with Crippen LogP contribution in [-0.4, -0.2) is 26.3 Å². The Morgan fingerprint density at radius 1 is 1.25 bits per heavy atom. The number of alkyl halides is 3. The SMILES string of the molecule is CS(=O)(=O)CCCC(=O)Nc1ccccc1C(F)(F)F. The number of carbonyl (C=O) groups excluding carboxylic acids is 1. The standard InChI is InChI=1S/C12H14F3NO3S/c1-20(18,19)8-4-7-11(17)16-10-6-3-2-5-9(10)12(13,14)15/h2-3,5-6H,4,7-8H2,1H3,(H,16,17). The molecular weight excluding hydrogens is 295 g/mol. The zero-order chi connectivity index (χ0) is 15.4. The van der Waals surface area contributed by atoms with Crippen LogP contribution in [0.4, 0.5) is 18.9 Å². The second-order valence-corrected chi connectivity index (χ2v) is 6.58. The average molecular weight is 309 g/mol. The van der Waals surface area contributed by atoms with Crippen molar-refractivity contribution in [3.8, 4) is 0 Å². The molecule has 0 heterocycles. The fourth-order valence-electron chi connectivity index (χ4n) is 1.55. The maximum absolute atomic E-state index is 12.7. The summed E-state index contributed by atoms with van der Waals surface area (Å²) in [5, 5.41) is 2.15. The Hall–Kier alpha value is -1.57.